The quantitative estimate of drug-likeness (QED) is 0.467. The van der Waals surface area contributed by atoms with Crippen molar-refractivity contribution in [3.63, 3.8) is 0 Å². The Morgan fingerprint density at radius 3 is 2.57 bits per heavy atom. The molecule has 0 aromatic heterocycles. The Balaban J connectivity index is 2.98. The summed E-state index contributed by atoms with van der Waals surface area (Å²) in [7, 11) is 0. The monoisotopic (exact) mass is 202 g/mol. The molecule has 0 aliphatic rings. The predicted molar refractivity (Wildman–Crippen MR) is 61.3 cm³/mol. The van der Waals surface area contributed by atoms with E-state index in [1.807, 2.05) is 0 Å². The molecule has 0 aromatic rings. The smallest absolute Gasteiger partial charge is 0.0676 e. The number of nitrogens with two attached hydrogens (primary N) is 1. The summed E-state index contributed by atoms with van der Waals surface area (Å²) in [5, 5.41) is 12.6. The average Bonchev–Trinajstić information content (AvgIpc) is 2.17. The van der Waals surface area contributed by atoms with Gasteiger partial charge in [-0.2, -0.15) is 0 Å². The summed E-state index contributed by atoms with van der Waals surface area (Å²) in [5.74, 6) is 0. The van der Waals surface area contributed by atoms with Gasteiger partial charge >= 0.3 is 0 Å². The van der Waals surface area contributed by atoms with Crippen LogP contribution < -0.4 is 11.1 Å². The number of nitrogens with one attached hydrogen (secondary N) is 1. The molecule has 0 heterocycles. The Kier molecular flexibility index (Phi) is 10.9. The summed E-state index contributed by atoms with van der Waals surface area (Å²) in [6.07, 6.45) is 6.92. The van der Waals surface area contributed by atoms with E-state index in [9.17, 15) is 5.11 Å². The van der Waals surface area contributed by atoms with E-state index in [0.717, 1.165) is 6.54 Å². The molecule has 0 aliphatic heterocycles. The van der Waals surface area contributed by atoms with E-state index in [1.54, 1.807) is 0 Å². The largest absolute Gasteiger partial charge is 0.392 e. The summed E-state index contributed by atoms with van der Waals surface area (Å²) < 4.78 is 0. The van der Waals surface area contributed by atoms with Crippen LogP contribution in [0.3, 0.4) is 0 Å². The second kappa shape index (κ2) is 11.0. The van der Waals surface area contributed by atoms with Crippen LogP contribution in [0.15, 0.2) is 0 Å². The van der Waals surface area contributed by atoms with Crippen LogP contribution in [0, 0.1) is 0 Å². The van der Waals surface area contributed by atoms with Crippen LogP contribution in [0.1, 0.15) is 45.4 Å². The maximum absolute atomic E-state index is 9.35. The average molecular weight is 202 g/mol. The van der Waals surface area contributed by atoms with Gasteiger partial charge in [0, 0.05) is 6.54 Å². The first-order valence-corrected chi connectivity index (χ1v) is 5.90. The lowest BCUT2D eigenvalue weighted by molar-refractivity contribution is 0.164. The van der Waals surface area contributed by atoms with Crippen molar-refractivity contribution in [2.45, 2.75) is 51.6 Å². The van der Waals surface area contributed by atoms with Gasteiger partial charge in [0.2, 0.25) is 0 Å². The van der Waals surface area contributed by atoms with Crippen molar-refractivity contribution >= 4 is 0 Å². The minimum Gasteiger partial charge on any atom is -0.392 e. The van der Waals surface area contributed by atoms with E-state index >= 15 is 0 Å². The fourth-order valence-electron chi connectivity index (χ4n) is 1.42. The Hall–Kier alpha value is -0.120. The van der Waals surface area contributed by atoms with Crippen LogP contribution in [0.4, 0.5) is 0 Å². The van der Waals surface area contributed by atoms with Crippen molar-refractivity contribution in [2.24, 2.45) is 5.73 Å². The molecule has 0 amide bonds. The first-order valence-electron chi connectivity index (χ1n) is 5.90. The molecule has 0 radical (unpaired) electrons. The first kappa shape index (κ1) is 13.9. The molecule has 0 aromatic carbocycles. The number of aliphatic hydroxyl groups excluding tert-OH is 1. The topological polar surface area (TPSA) is 58.3 Å². The van der Waals surface area contributed by atoms with Gasteiger partial charge in [-0.3, -0.25) is 0 Å². The van der Waals surface area contributed by atoms with Crippen LogP contribution in [-0.4, -0.2) is 30.8 Å². The molecule has 0 fully saturated rings. The predicted octanol–water partition coefficient (Wildman–Crippen LogP) is 1.26. The molecule has 86 valence electrons. The van der Waals surface area contributed by atoms with Crippen LogP contribution >= 0.6 is 0 Å². The third kappa shape index (κ3) is 9.96. The third-order valence-electron chi connectivity index (χ3n) is 2.34. The van der Waals surface area contributed by atoms with Crippen LogP contribution in [0.2, 0.25) is 0 Å². The Morgan fingerprint density at radius 1 is 1.21 bits per heavy atom. The van der Waals surface area contributed by atoms with Gasteiger partial charge in [0.25, 0.3) is 0 Å². The normalized spacial score (nSPS) is 13.1. The fourth-order valence-corrected chi connectivity index (χ4v) is 1.42. The van der Waals surface area contributed by atoms with Crippen molar-refractivity contribution in [1.29, 1.82) is 0 Å². The van der Waals surface area contributed by atoms with Crippen molar-refractivity contribution in [3.8, 4) is 0 Å². The molecular weight excluding hydrogens is 176 g/mol. The lowest BCUT2D eigenvalue weighted by Gasteiger charge is -2.10. The zero-order chi connectivity index (χ0) is 10.6. The molecule has 14 heavy (non-hydrogen) atoms. The zero-order valence-electron chi connectivity index (χ0n) is 9.47. The molecule has 0 bridgehead atoms. The maximum Gasteiger partial charge on any atom is 0.0676 e. The molecular formula is C11H26N2O. The van der Waals surface area contributed by atoms with Gasteiger partial charge in [0.1, 0.15) is 0 Å². The highest BCUT2D eigenvalue weighted by molar-refractivity contribution is 4.59. The summed E-state index contributed by atoms with van der Waals surface area (Å²) in [6.45, 7) is 4.50. The van der Waals surface area contributed by atoms with Crippen molar-refractivity contribution < 1.29 is 5.11 Å². The van der Waals surface area contributed by atoms with Crippen LogP contribution in [-0.2, 0) is 0 Å². The van der Waals surface area contributed by atoms with Gasteiger partial charge in [-0.1, -0.05) is 32.6 Å². The first-order chi connectivity index (χ1) is 6.81. The van der Waals surface area contributed by atoms with Crippen LogP contribution in [0.25, 0.3) is 0 Å². The summed E-state index contributed by atoms with van der Waals surface area (Å²) in [4.78, 5) is 0. The van der Waals surface area contributed by atoms with Gasteiger partial charge in [0.15, 0.2) is 0 Å². The molecule has 0 saturated carbocycles. The van der Waals surface area contributed by atoms with Crippen molar-refractivity contribution in [3.05, 3.63) is 0 Å². The molecule has 0 aliphatic carbocycles. The Morgan fingerprint density at radius 2 is 1.93 bits per heavy atom. The van der Waals surface area contributed by atoms with Gasteiger partial charge in [-0.25, -0.2) is 0 Å². The maximum atomic E-state index is 9.35. The van der Waals surface area contributed by atoms with Crippen molar-refractivity contribution in [2.75, 3.05) is 19.6 Å². The third-order valence-corrected chi connectivity index (χ3v) is 2.34. The van der Waals surface area contributed by atoms with Gasteiger partial charge in [0.05, 0.1) is 6.10 Å². The van der Waals surface area contributed by atoms with E-state index in [2.05, 4.69) is 12.2 Å². The van der Waals surface area contributed by atoms with E-state index in [0.29, 0.717) is 19.5 Å². The number of hydrogen-bond donors (Lipinski definition) is 3. The van der Waals surface area contributed by atoms with Crippen LogP contribution in [0.5, 0.6) is 0 Å². The molecule has 3 nitrogen and oxygen atoms in total. The highest BCUT2D eigenvalue weighted by Crippen LogP contribution is 2.01. The Bertz CT molecular complexity index is 109. The standard InChI is InChI=1S/C11H26N2O/c1-2-3-4-5-6-9-13-10-11(14)7-8-12/h11,13-14H,2-10,12H2,1H3. The highest BCUT2D eigenvalue weighted by atomic mass is 16.3. The molecule has 1 atom stereocenters. The molecule has 1 unspecified atom stereocenters. The number of unbranched alkanes of at least 4 members (excludes halogenated alkanes) is 4. The fraction of sp³-hybridized carbons (Fsp3) is 1.00. The van der Waals surface area contributed by atoms with Gasteiger partial charge in [-0.15, -0.1) is 0 Å². The summed E-state index contributed by atoms with van der Waals surface area (Å²) >= 11 is 0. The van der Waals surface area contributed by atoms with E-state index in [-0.39, 0.29) is 6.10 Å². The highest BCUT2D eigenvalue weighted by Gasteiger charge is 2.00. The molecule has 0 saturated heterocycles. The van der Waals surface area contributed by atoms with E-state index in [4.69, 9.17) is 5.73 Å². The van der Waals surface area contributed by atoms with Gasteiger partial charge < -0.3 is 16.2 Å². The molecule has 0 rings (SSSR count). The van der Waals surface area contributed by atoms with Crippen molar-refractivity contribution in [1.82, 2.24) is 5.32 Å². The zero-order valence-corrected chi connectivity index (χ0v) is 9.47. The van der Waals surface area contributed by atoms with E-state index in [1.165, 1.54) is 32.1 Å². The Labute approximate surface area is 88.1 Å². The molecule has 0 spiro atoms. The SMILES string of the molecule is CCCCCCCNCC(O)CCN. The summed E-state index contributed by atoms with van der Waals surface area (Å²) in [5.41, 5.74) is 5.33. The second-order valence-electron chi connectivity index (χ2n) is 3.85. The van der Waals surface area contributed by atoms with E-state index < -0.39 is 0 Å². The molecule has 3 heteroatoms. The molecule has 4 N–H and O–H groups in total. The second-order valence-corrected chi connectivity index (χ2v) is 3.85. The summed E-state index contributed by atoms with van der Waals surface area (Å²) in [6, 6.07) is 0. The minimum atomic E-state index is -0.268. The number of rotatable bonds is 10. The lowest BCUT2D eigenvalue weighted by atomic mass is 10.1. The number of hydrogen-bond acceptors (Lipinski definition) is 3. The lowest BCUT2D eigenvalue weighted by Crippen LogP contribution is -2.29. The number of aliphatic hydroxyl groups is 1. The van der Waals surface area contributed by atoms with Gasteiger partial charge in [-0.05, 0) is 25.9 Å². The minimum absolute atomic E-state index is 0.268.